The lowest BCUT2D eigenvalue weighted by atomic mass is 10.2. The van der Waals surface area contributed by atoms with Crippen LogP contribution >= 0.6 is 11.3 Å². The highest BCUT2D eigenvalue weighted by atomic mass is 32.1. The second kappa shape index (κ2) is 8.78. The van der Waals surface area contributed by atoms with Gasteiger partial charge in [0.1, 0.15) is 6.61 Å². The number of hydrogen-bond acceptors (Lipinski definition) is 5. The molecule has 0 radical (unpaired) electrons. The molecule has 0 aliphatic rings. The third-order valence-electron chi connectivity index (χ3n) is 3.48. The molecule has 0 saturated heterocycles. The SMILES string of the molecule is CCN(CCN)Cc1ccc(OCc2cccs2)c(OC)c1. The van der Waals surface area contributed by atoms with Crippen LogP contribution in [-0.4, -0.2) is 31.6 Å². The maximum atomic E-state index is 5.86. The number of nitrogens with two attached hydrogens (primary N) is 1. The Bertz CT molecular complexity index is 558. The summed E-state index contributed by atoms with van der Waals surface area (Å²) in [7, 11) is 1.68. The molecule has 0 aliphatic carbocycles. The summed E-state index contributed by atoms with van der Waals surface area (Å²) in [6.45, 7) is 6.14. The van der Waals surface area contributed by atoms with Crippen molar-refractivity contribution < 1.29 is 9.47 Å². The Labute approximate surface area is 136 Å². The van der Waals surface area contributed by atoms with E-state index >= 15 is 0 Å². The molecule has 1 heterocycles. The number of benzene rings is 1. The minimum absolute atomic E-state index is 0.571. The summed E-state index contributed by atoms with van der Waals surface area (Å²) in [6.07, 6.45) is 0. The van der Waals surface area contributed by atoms with Gasteiger partial charge in [0.25, 0.3) is 0 Å². The van der Waals surface area contributed by atoms with E-state index in [4.69, 9.17) is 15.2 Å². The van der Waals surface area contributed by atoms with E-state index in [9.17, 15) is 0 Å². The summed E-state index contributed by atoms with van der Waals surface area (Å²) >= 11 is 1.69. The van der Waals surface area contributed by atoms with Gasteiger partial charge in [-0.25, -0.2) is 0 Å². The number of hydrogen-bond donors (Lipinski definition) is 1. The molecule has 0 unspecified atom stereocenters. The second-order valence-corrected chi connectivity index (χ2v) is 6.04. The molecule has 1 aromatic heterocycles. The number of thiophene rings is 1. The zero-order valence-corrected chi connectivity index (χ0v) is 14.1. The zero-order valence-electron chi connectivity index (χ0n) is 13.2. The number of rotatable bonds is 9. The highest BCUT2D eigenvalue weighted by Gasteiger charge is 2.09. The molecule has 22 heavy (non-hydrogen) atoms. The van der Waals surface area contributed by atoms with Crippen molar-refractivity contribution in [2.75, 3.05) is 26.7 Å². The van der Waals surface area contributed by atoms with E-state index in [1.54, 1.807) is 18.4 Å². The van der Waals surface area contributed by atoms with Gasteiger partial charge >= 0.3 is 0 Å². The molecule has 2 rings (SSSR count). The first kappa shape index (κ1) is 16.8. The summed E-state index contributed by atoms with van der Waals surface area (Å²) < 4.78 is 11.3. The Morgan fingerprint density at radius 2 is 2.09 bits per heavy atom. The number of ether oxygens (including phenoxy) is 2. The van der Waals surface area contributed by atoms with Crippen LogP contribution in [0, 0.1) is 0 Å². The van der Waals surface area contributed by atoms with E-state index in [-0.39, 0.29) is 0 Å². The van der Waals surface area contributed by atoms with Gasteiger partial charge in [-0.2, -0.15) is 0 Å². The van der Waals surface area contributed by atoms with Crippen LogP contribution in [0.5, 0.6) is 11.5 Å². The van der Waals surface area contributed by atoms with Crippen LogP contribution in [0.3, 0.4) is 0 Å². The van der Waals surface area contributed by atoms with Crippen molar-refractivity contribution in [3.8, 4) is 11.5 Å². The molecule has 5 heteroatoms. The highest BCUT2D eigenvalue weighted by molar-refractivity contribution is 7.09. The van der Waals surface area contributed by atoms with Gasteiger partial charge in [0.2, 0.25) is 0 Å². The van der Waals surface area contributed by atoms with Crippen LogP contribution in [0.4, 0.5) is 0 Å². The van der Waals surface area contributed by atoms with Crippen LogP contribution in [0.25, 0.3) is 0 Å². The third-order valence-corrected chi connectivity index (χ3v) is 4.33. The molecule has 0 fully saturated rings. The minimum Gasteiger partial charge on any atom is -0.493 e. The summed E-state index contributed by atoms with van der Waals surface area (Å²) in [4.78, 5) is 3.51. The summed E-state index contributed by atoms with van der Waals surface area (Å²) in [6, 6.07) is 10.2. The molecular weight excluding hydrogens is 296 g/mol. The molecule has 0 atom stereocenters. The van der Waals surface area contributed by atoms with E-state index in [1.165, 1.54) is 10.4 Å². The molecule has 0 spiro atoms. The normalized spacial score (nSPS) is 10.9. The highest BCUT2D eigenvalue weighted by Crippen LogP contribution is 2.29. The van der Waals surface area contributed by atoms with Gasteiger partial charge in [0, 0.05) is 24.5 Å². The first-order valence-corrected chi connectivity index (χ1v) is 8.39. The van der Waals surface area contributed by atoms with E-state index < -0.39 is 0 Å². The molecule has 1 aromatic carbocycles. The summed E-state index contributed by atoms with van der Waals surface area (Å²) in [5.41, 5.74) is 6.84. The smallest absolute Gasteiger partial charge is 0.161 e. The van der Waals surface area contributed by atoms with Gasteiger partial charge in [0.15, 0.2) is 11.5 Å². The Morgan fingerprint density at radius 1 is 1.23 bits per heavy atom. The molecule has 0 amide bonds. The van der Waals surface area contributed by atoms with Crippen LogP contribution < -0.4 is 15.2 Å². The quantitative estimate of drug-likeness (QED) is 0.771. The Balaban J connectivity index is 2.03. The fourth-order valence-corrected chi connectivity index (χ4v) is 2.88. The van der Waals surface area contributed by atoms with Gasteiger partial charge < -0.3 is 15.2 Å². The minimum atomic E-state index is 0.571. The fourth-order valence-electron chi connectivity index (χ4n) is 2.26. The first-order chi connectivity index (χ1) is 10.8. The van der Waals surface area contributed by atoms with Gasteiger partial charge in [-0.3, -0.25) is 4.90 Å². The third kappa shape index (κ3) is 4.73. The molecule has 0 aliphatic heterocycles. The number of nitrogens with zero attached hydrogens (tertiary/aromatic N) is 1. The predicted octanol–water partition coefficient (Wildman–Crippen LogP) is 3.12. The van der Waals surface area contributed by atoms with Crippen molar-refractivity contribution in [2.24, 2.45) is 5.73 Å². The van der Waals surface area contributed by atoms with Crippen molar-refractivity contribution >= 4 is 11.3 Å². The maximum absolute atomic E-state index is 5.86. The van der Waals surface area contributed by atoms with Crippen LogP contribution in [0.2, 0.25) is 0 Å². The lowest BCUT2D eigenvalue weighted by molar-refractivity contribution is 0.280. The van der Waals surface area contributed by atoms with Crippen molar-refractivity contribution in [3.05, 3.63) is 46.2 Å². The van der Waals surface area contributed by atoms with E-state index in [0.29, 0.717) is 13.2 Å². The monoisotopic (exact) mass is 320 g/mol. The molecule has 0 bridgehead atoms. The fraction of sp³-hybridized carbons (Fsp3) is 0.412. The standard InChI is InChI=1S/C17H24N2O2S/c1-3-19(9-8-18)12-14-6-7-16(17(11-14)20-2)21-13-15-5-4-10-22-15/h4-7,10-11H,3,8-9,12-13,18H2,1-2H3. The molecule has 4 nitrogen and oxygen atoms in total. The second-order valence-electron chi connectivity index (χ2n) is 5.01. The van der Waals surface area contributed by atoms with E-state index in [0.717, 1.165) is 31.1 Å². The summed E-state index contributed by atoms with van der Waals surface area (Å²) in [5.74, 6) is 1.55. The van der Waals surface area contributed by atoms with Gasteiger partial charge in [-0.15, -0.1) is 11.3 Å². The van der Waals surface area contributed by atoms with Crippen LogP contribution in [-0.2, 0) is 13.2 Å². The largest absolute Gasteiger partial charge is 0.493 e. The first-order valence-electron chi connectivity index (χ1n) is 7.51. The number of likely N-dealkylation sites (N-methyl/N-ethyl adjacent to an activating group) is 1. The topological polar surface area (TPSA) is 47.7 Å². The van der Waals surface area contributed by atoms with Crippen LogP contribution in [0.1, 0.15) is 17.4 Å². The Kier molecular flexibility index (Phi) is 6.71. The lowest BCUT2D eigenvalue weighted by Gasteiger charge is -2.20. The average molecular weight is 320 g/mol. The molecule has 120 valence electrons. The average Bonchev–Trinajstić information content (AvgIpc) is 3.06. The predicted molar refractivity (Wildman–Crippen MR) is 91.7 cm³/mol. The van der Waals surface area contributed by atoms with E-state index in [2.05, 4.69) is 29.3 Å². The van der Waals surface area contributed by atoms with Gasteiger partial charge in [-0.1, -0.05) is 19.1 Å². The molecule has 2 aromatic rings. The lowest BCUT2D eigenvalue weighted by Crippen LogP contribution is -2.28. The zero-order chi connectivity index (χ0) is 15.8. The van der Waals surface area contributed by atoms with Crippen LogP contribution in [0.15, 0.2) is 35.7 Å². The molecule has 0 saturated carbocycles. The van der Waals surface area contributed by atoms with Gasteiger partial charge in [-0.05, 0) is 35.7 Å². The van der Waals surface area contributed by atoms with E-state index in [1.807, 2.05) is 18.2 Å². The molecular formula is C17H24N2O2S. The van der Waals surface area contributed by atoms with Crippen molar-refractivity contribution in [2.45, 2.75) is 20.1 Å². The Hall–Kier alpha value is -1.56. The van der Waals surface area contributed by atoms with Crippen molar-refractivity contribution in [1.82, 2.24) is 4.90 Å². The molecule has 2 N–H and O–H groups in total. The number of methoxy groups -OCH3 is 1. The van der Waals surface area contributed by atoms with Crippen molar-refractivity contribution in [3.63, 3.8) is 0 Å². The maximum Gasteiger partial charge on any atom is 0.161 e. The van der Waals surface area contributed by atoms with Crippen molar-refractivity contribution in [1.29, 1.82) is 0 Å². The van der Waals surface area contributed by atoms with Gasteiger partial charge in [0.05, 0.1) is 7.11 Å². The Morgan fingerprint density at radius 3 is 2.73 bits per heavy atom. The summed E-state index contributed by atoms with van der Waals surface area (Å²) in [5, 5.41) is 2.05.